The molecule has 2 rings (SSSR count). The van der Waals surface area contributed by atoms with Gasteiger partial charge in [-0.25, -0.2) is 0 Å². The van der Waals surface area contributed by atoms with Crippen molar-refractivity contribution in [2.24, 2.45) is 0 Å². The number of hydrogen-bond acceptors (Lipinski definition) is 3. The average molecular weight is 293 g/mol. The van der Waals surface area contributed by atoms with E-state index in [2.05, 4.69) is 5.32 Å². The highest BCUT2D eigenvalue weighted by Crippen LogP contribution is 2.21. The molecule has 0 fully saturated rings. The first-order valence-corrected chi connectivity index (χ1v) is 8.42. The predicted molar refractivity (Wildman–Crippen MR) is 81.2 cm³/mol. The van der Waals surface area contributed by atoms with Gasteiger partial charge in [0.1, 0.15) is 0 Å². The lowest BCUT2D eigenvalue weighted by atomic mass is 10.2. The van der Waals surface area contributed by atoms with Gasteiger partial charge in [-0.3, -0.25) is 9.00 Å². The van der Waals surface area contributed by atoms with E-state index in [0.717, 1.165) is 16.8 Å². The zero-order chi connectivity index (χ0) is 13.8. The molecular formula is C14H15NO2S2. The van der Waals surface area contributed by atoms with E-state index in [1.165, 1.54) is 11.3 Å². The van der Waals surface area contributed by atoms with E-state index in [4.69, 9.17) is 0 Å². The third kappa shape index (κ3) is 3.52. The predicted octanol–water partition coefficient (Wildman–Crippen LogP) is 3.19. The number of rotatable bonds is 4. The number of carbonyl (C=O) groups is 1. The van der Waals surface area contributed by atoms with Crippen LogP contribution in [0.2, 0.25) is 0 Å². The SMILES string of the molecule is Cc1ccsc1C(=O)Nc1ccccc1C[S@@](C)=O. The molecule has 1 N–H and O–H groups in total. The number of thiophene rings is 1. The zero-order valence-electron chi connectivity index (χ0n) is 10.8. The third-order valence-electron chi connectivity index (χ3n) is 2.69. The topological polar surface area (TPSA) is 46.2 Å². The fourth-order valence-electron chi connectivity index (χ4n) is 1.77. The molecule has 0 saturated carbocycles. The Labute approximate surface area is 119 Å². The van der Waals surface area contributed by atoms with Crippen LogP contribution in [0.25, 0.3) is 0 Å². The van der Waals surface area contributed by atoms with Gasteiger partial charge in [-0.2, -0.15) is 0 Å². The minimum Gasteiger partial charge on any atom is -0.321 e. The molecule has 1 amide bonds. The van der Waals surface area contributed by atoms with Crippen LogP contribution in [0, 0.1) is 6.92 Å². The van der Waals surface area contributed by atoms with Crippen LogP contribution in [-0.4, -0.2) is 16.4 Å². The lowest BCUT2D eigenvalue weighted by Crippen LogP contribution is -2.13. The van der Waals surface area contributed by atoms with E-state index in [-0.39, 0.29) is 5.91 Å². The normalized spacial score (nSPS) is 12.1. The maximum absolute atomic E-state index is 12.2. The molecule has 0 saturated heterocycles. The first-order chi connectivity index (χ1) is 9.08. The molecule has 3 nitrogen and oxygen atoms in total. The van der Waals surface area contributed by atoms with Crippen LogP contribution in [0.4, 0.5) is 5.69 Å². The van der Waals surface area contributed by atoms with Crippen LogP contribution >= 0.6 is 11.3 Å². The molecule has 0 radical (unpaired) electrons. The smallest absolute Gasteiger partial charge is 0.266 e. The number of anilines is 1. The van der Waals surface area contributed by atoms with Gasteiger partial charge in [0.2, 0.25) is 0 Å². The molecule has 1 aromatic heterocycles. The number of hydrogen-bond donors (Lipinski definition) is 1. The third-order valence-corrected chi connectivity index (χ3v) is 4.43. The van der Waals surface area contributed by atoms with Crippen molar-refractivity contribution in [1.29, 1.82) is 0 Å². The van der Waals surface area contributed by atoms with E-state index in [9.17, 15) is 9.00 Å². The van der Waals surface area contributed by atoms with Gasteiger partial charge in [-0.05, 0) is 35.6 Å². The minimum absolute atomic E-state index is 0.109. The second kappa shape index (κ2) is 6.12. The molecular weight excluding hydrogens is 278 g/mol. The molecule has 0 bridgehead atoms. The van der Waals surface area contributed by atoms with Crippen molar-refractivity contribution in [2.45, 2.75) is 12.7 Å². The van der Waals surface area contributed by atoms with Gasteiger partial charge >= 0.3 is 0 Å². The Morgan fingerprint density at radius 1 is 1.32 bits per heavy atom. The van der Waals surface area contributed by atoms with E-state index in [0.29, 0.717) is 10.6 Å². The molecule has 1 aromatic carbocycles. The summed E-state index contributed by atoms with van der Waals surface area (Å²) >= 11 is 1.42. The van der Waals surface area contributed by atoms with E-state index in [1.807, 2.05) is 42.6 Å². The summed E-state index contributed by atoms with van der Waals surface area (Å²) in [7, 11) is -0.931. The van der Waals surface area contributed by atoms with Crippen LogP contribution in [-0.2, 0) is 16.6 Å². The lowest BCUT2D eigenvalue weighted by Gasteiger charge is -2.09. The van der Waals surface area contributed by atoms with Crippen molar-refractivity contribution in [1.82, 2.24) is 0 Å². The quantitative estimate of drug-likeness (QED) is 0.941. The first-order valence-electron chi connectivity index (χ1n) is 5.81. The first kappa shape index (κ1) is 14.0. The fraction of sp³-hybridized carbons (Fsp3) is 0.214. The van der Waals surface area contributed by atoms with Gasteiger partial charge in [0.15, 0.2) is 0 Å². The summed E-state index contributed by atoms with van der Waals surface area (Å²) in [6, 6.07) is 9.39. The summed E-state index contributed by atoms with van der Waals surface area (Å²) in [5.41, 5.74) is 2.60. The van der Waals surface area contributed by atoms with Crippen molar-refractivity contribution < 1.29 is 9.00 Å². The van der Waals surface area contributed by atoms with Gasteiger partial charge in [0.25, 0.3) is 5.91 Å². The summed E-state index contributed by atoms with van der Waals surface area (Å²) < 4.78 is 11.3. The molecule has 5 heteroatoms. The number of carbonyl (C=O) groups excluding carboxylic acids is 1. The van der Waals surface area contributed by atoms with Crippen molar-refractivity contribution >= 4 is 33.7 Å². The Kier molecular flexibility index (Phi) is 4.50. The number of benzene rings is 1. The molecule has 0 spiro atoms. The Bertz CT molecular complexity index is 619. The molecule has 0 aliphatic heterocycles. The molecule has 0 aliphatic carbocycles. The minimum atomic E-state index is -0.931. The van der Waals surface area contributed by atoms with Gasteiger partial charge < -0.3 is 5.32 Å². The number of aryl methyl sites for hydroxylation is 1. The average Bonchev–Trinajstić information content (AvgIpc) is 2.77. The van der Waals surface area contributed by atoms with E-state index in [1.54, 1.807) is 6.26 Å². The molecule has 100 valence electrons. The molecule has 19 heavy (non-hydrogen) atoms. The number of para-hydroxylation sites is 1. The van der Waals surface area contributed by atoms with Gasteiger partial charge in [-0.1, -0.05) is 18.2 Å². The Hall–Kier alpha value is -1.46. The summed E-state index contributed by atoms with van der Waals surface area (Å²) in [6.07, 6.45) is 1.65. The standard InChI is InChI=1S/C14H15NO2S2/c1-10-7-8-18-13(10)14(16)15-12-6-4-3-5-11(12)9-19(2)17/h3-8H,9H2,1-2H3,(H,15,16)/t19-/m1/s1. The number of nitrogens with one attached hydrogen (secondary N) is 1. The van der Waals surface area contributed by atoms with E-state index < -0.39 is 10.8 Å². The summed E-state index contributed by atoms with van der Waals surface area (Å²) in [5.74, 6) is 0.335. The van der Waals surface area contributed by atoms with Crippen LogP contribution in [0.1, 0.15) is 20.8 Å². The Balaban J connectivity index is 2.22. The highest BCUT2D eigenvalue weighted by atomic mass is 32.2. The van der Waals surface area contributed by atoms with Crippen molar-refractivity contribution in [3.63, 3.8) is 0 Å². The van der Waals surface area contributed by atoms with Crippen LogP contribution in [0.3, 0.4) is 0 Å². The van der Waals surface area contributed by atoms with Crippen LogP contribution in [0.15, 0.2) is 35.7 Å². The highest BCUT2D eigenvalue weighted by molar-refractivity contribution is 7.83. The molecule has 1 heterocycles. The molecule has 0 unspecified atom stereocenters. The monoisotopic (exact) mass is 293 g/mol. The van der Waals surface area contributed by atoms with Crippen LogP contribution in [0.5, 0.6) is 0 Å². The highest BCUT2D eigenvalue weighted by Gasteiger charge is 2.12. The van der Waals surface area contributed by atoms with Crippen molar-refractivity contribution in [3.8, 4) is 0 Å². The summed E-state index contributed by atoms with van der Waals surface area (Å²) in [4.78, 5) is 12.9. The molecule has 0 aliphatic rings. The second-order valence-electron chi connectivity index (χ2n) is 4.26. The van der Waals surface area contributed by atoms with Crippen molar-refractivity contribution in [3.05, 3.63) is 51.7 Å². The second-order valence-corrected chi connectivity index (χ2v) is 6.61. The lowest BCUT2D eigenvalue weighted by molar-refractivity contribution is 0.103. The van der Waals surface area contributed by atoms with E-state index >= 15 is 0 Å². The maximum Gasteiger partial charge on any atom is 0.266 e. The Morgan fingerprint density at radius 3 is 2.68 bits per heavy atom. The largest absolute Gasteiger partial charge is 0.321 e. The Morgan fingerprint density at radius 2 is 2.05 bits per heavy atom. The van der Waals surface area contributed by atoms with Crippen molar-refractivity contribution in [2.75, 3.05) is 11.6 Å². The summed E-state index contributed by atoms with van der Waals surface area (Å²) in [6.45, 7) is 1.92. The summed E-state index contributed by atoms with van der Waals surface area (Å²) in [5, 5.41) is 4.80. The van der Waals surface area contributed by atoms with Gasteiger partial charge in [0.05, 0.1) is 10.6 Å². The van der Waals surface area contributed by atoms with Gasteiger partial charge in [-0.15, -0.1) is 11.3 Å². The van der Waals surface area contributed by atoms with Gasteiger partial charge in [0, 0.05) is 22.7 Å². The zero-order valence-corrected chi connectivity index (χ0v) is 12.4. The van der Waals surface area contributed by atoms with Crippen LogP contribution < -0.4 is 5.32 Å². The fourth-order valence-corrected chi connectivity index (χ4v) is 3.28. The maximum atomic E-state index is 12.2. The molecule has 2 aromatic rings. The number of amides is 1. The molecule has 1 atom stereocenters.